The average molecular weight is 269 g/mol. The largest absolute Gasteiger partial charge is 0.417 e. The lowest BCUT2D eigenvalue weighted by Gasteiger charge is -2.11. The Hall–Kier alpha value is -1.82. The summed E-state index contributed by atoms with van der Waals surface area (Å²) in [5.41, 5.74) is 5.28. The molecular formula is C13H14F3N3. The molecule has 0 aliphatic heterocycles. The second kappa shape index (κ2) is 5.05. The highest BCUT2D eigenvalue weighted by Crippen LogP contribution is 2.36. The van der Waals surface area contributed by atoms with Crippen molar-refractivity contribution in [1.29, 1.82) is 0 Å². The first-order valence-electron chi connectivity index (χ1n) is 5.85. The van der Waals surface area contributed by atoms with E-state index in [1.54, 1.807) is 6.07 Å². The first-order chi connectivity index (χ1) is 8.93. The zero-order valence-electron chi connectivity index (χ0n) is 10.3. The molecule has 0 saturated carbocycles. The van der Waals surface area contributed by atoms with Crippen molar-refractivity contribution in [3.63, 3.8) is 0 Å². The summed E-state index contributed by atoms with van der Waals surface area (Å²) < 4.78 is 38.7. The molecule has 1 atom stereocenters. The van der Waals surface area contributed by atoms with E-state index in [0.29, 0.717) is 18.1 Å². The summed E-state index contributed by atoms with van der Waals surface area (Å²) in [6, 6.07) is 5.42. The number of aromatic amines is 1. The van der Waals surface area contributed by atoms with Gasteiger partial charge in [0.1, 0.15) is 5.82 Å². The topological polar surface area (TPSA) is 54.7 Å². The number of aromatic nitrogens is 2. The Bertz CT molecular complexity index is 560. The van der Waals surface area contributed by atoms with Crippen molar-refractivity contribution in [3.05, 3.63) is 41.9 Å². The molecule has 3 nitrogen and oxygen atoms in total. The molecule has 0 bridgehead atoms. The number of benzene rings is 1. The van der Waals surface area contributed by atoms with E-state index in [1.165, 1.54) is 18.3 Å². The maximum absolute atomic E-state index is 12.9. The van der Waals surface area contributed by atoms with Crippen molar-refractivity contribution in [2.45, 2.75) is 19.0 Å². The number of halogens is 3. The van der Waals surface area contributed by atoms with E-state index < -0.39 is 11.7 Å². The lowest BCUT2D eigenvalue weighted by Crippen LogP contribution is -2.10. The molecule has 1 unspecified atom stereocenters. The minimum absolute atomic E-state index is 0.0215. The van der Waals surface area contributed by atoms with Crippen LogP contribution in [-0.2, 0) is 6.18 Å². The highest BCUT2D eigenvalue weighted by molar-refractivity contribution is 5.64. The SMILES string of the molecule is CC(CN)c1ncc(-c2ccccc2C(F)(F)F)[nH]1. The molecule has 0 radical (unpaired) electrons. The predicted octanol–water partition coefficient (Wildman–Crippen LogP) is 3.16. The molecule has 0 saturated heterocycles. The van der Waals surface area contributed by atoms with E-state index in [9.17, 15) is 13.2 Å². The van der Waals surface area contributed by atoms with Gasteiger partial charge in [-0.3, -0.25) is 0 Å². The molecule has 1 aromatic heterocycles. The zero-order valence-corrected chi connectivity index (χ0v) is 10.3. The summed E-state index contributed by atoms with van der Waals surface area (Å²) in [4.78, 5) is 6.99. The van der Waals surface area contributed by atoms with Gasteiger partial charge in [-0.05, 0) is 6.07 Å². The molecule has 3 N–H and O–H groups in total. The lowest BCUT2D eigenvalue weighted by molar-refractivity contribution is -0.137. The van der Waals surface area contributed by atoms with Gasteiger partial charge in [0.15, 0.2) is 0 Å². The number of H-pyrrole nitrogens is 1. The number of nitrogens with zero attached hydrogens (tertiary/aromatic N) is 1. The zero-order chi connectivity index (χ0) is 14.0. The van der Waals surface area contributed by atoms with Gasteiger partial charge < -0.3 is 10.7 Å². The molecule has 1 heterocycles. The third-order valence-electron chi connectivity index (χ3n) is 2.94. The summed E-state index contributed by atoms with van der Waals surface area (Å²) in [5.74, 6) is 0.571. The molecule has 0 spiro atoms. The molecule has 2 rings (SSSR count). The van der Waals surface area contributed by atoms with Crippen molar-refractivity contribution in [2.75, 3.05) is 6.54 Å². The third-order valence-corrected chi connectivity index (χ3v) is 2.94. The summed E-state index contributed by atoms with van der Waals surface area (Å²) >= 11 is 0. The lowest BCUT2D eigenvalue weighted by atomic mass is 10.0. The van der Waals surface area contributed by atoms with Crippen LogP contribution in [0.3, 0.4) is 0 Å². The minimum atomic E-state index is -4.39. The van der Waals surface area contributed by atoms with Crippen molar-refractivity contribution in [2.24, 2.45) is 5.73 Å². The first-order valence-corrected chi connectivity index (χ1v) is 5.85. The fourth-order valence-corrected chi connectivity index (χ4v) is 1.80. The standard InChI is InChI=1S/C13H14F3N3/c1-8(6-17)12-18-7-11(19-12)9-4-2-3-5-10(9)13(14,15)16/h2-5,7-8H,6,17H2,1H3,(H,18,19). The fourth-order valence-electron chi connectivity index (χ4n) is 1.80. The van der Waals surface area contributed by atoms with Crippen LogP contribution >= 0.6 is 0 Å². The summed E-state index contributed by atoms with van der Waals surface area (Å²) in [6.07, 6.45) is -2.98. The van der Waals surface area contributed by atoms with Crippen LogP contribution in [0, 0.1) is 0 Å². The van der Waals surface area contributed by atoms with Crippen LogP contribution < -0.4 is 5.73 Å². The van der Waals surface area contributed by atoms with E-state index in [-0.39, 0.29) is 11.5 Å². The number of nitrogens with one attached hydrogen (secondary N) is 1. The van der Waals surface area contributed by atoms with Crippen molar-refractivity contribution < 1.29 is 13.2 Å². The smallest absolute Gasteiger partial charge is 0.342 e. The molecule has 0 amide bonds. The Balaban J connectivity index is 2.45. The monoisotopic (exact) mass is 269 g/mol. The number of imidazole rings is 1. The van der Waals surface area contributed by atoms with Gasteiger partial charge in [0.2, 0.25) is 0 Å². The molecule has 2 aromatic rings. The van der Waals surface area contributed by atoms with E-state index in [1.807, 2.05) is 6.92 Å². The predicted molar refractivity (Wildman–Crippen MR) is 66.5 cm³/mol. The maximum Gasteiger partial charge on any atom is 0.417 e. The molecule has 0 aliphatic rings. The van der Waals surface area contributed by atoms with Crippen molar-refractivity contribution in [3.8, 4) is 11.3 Å². The average Bonchev–Trinajstić information content (AvgIpc) is 2.86. The first kappa shape index (κ1) is 13.6. The van der Waals surface area contributed by atoms with Gasteiger partial charge in [-0.2, -0.15) is 13.2 Å². The Kier molecular flexibility index (Phi) is 3.61. The molecule has 0 fully saturated rings. The van der Waals surface area contributed by atoms with Gasteiger partial charge >= 0.3 is 6.18 Å². The van der Waals surface area contributed by atoms with Gasteiger partial charge in [0.25, 0.3) is 0 Å². The number of hydrogen-bond acceptors (Lipinski definition) is 2. The normalized spacial score (nSPS) is 13.5. The fraction of sp³-hybridized carbons (Fsp3) is 0.308. The summed E-state index contributed by atoms with van der Waals surface area (Å²) in [6.45, 7) is 2.24. The van der Waals surface area contributed by atoms with Crippen LogP contribution in [0.1, 0.15) is 24.2 Å². The molecule has 19 heavy (non-hydrogen) atoms. The van der Waals surface area contributed by atoms with Crippen LogP contribution in [0.25, 0.3) is 11.3 Å². The van der Waals surface area contributed by atoms with Gasteiger partial charge in [-0.15, -0.1) is 0 Å². The number of nitrogens with two attached hydrogens (primary N) is 1. The quantitative estimate of drug-likeness (QED) is 0.899. The molecule has 6 heteroatoms. The summed E-state index contributed by atoms with van der Waals surface area (Å²) in [7, 11) is 0. The molecule has 1 aromatic carbocycles. The highest BCUT2D eigenvalue weighted by atomic mass is 19.4. The van der Waals surface area contributed by atoms with E-state index >= 15 is 0 Å². The number of alkyl halides is 3. The third kappa shape index (κ3) is 2.78. The van der Waals surface area contributed by atoms with Crippen LogP contribution in [-0.4, -0.2) is 16.5 Å². The van der Waals surface area contributed by atoms with Gasteiger partial charge in [0.05, 0.1) is 17.5 Å². The van der Waals surface area contributed by atoms with Gasteiger partial charge in [-0.1, -0.05) is 25.1 Å². The van der Waals surface area contributed by atoms with E-state index in [2.05, 4.69) is 9.97 Å². The minimum Gasteiger partial charge on any atom is -0.342 e. The second-order valence-electron chi connectivity index (χ2n) is 4.36. The Morgan fingerprint density at radius 2 is 2.00 bits per heavy atom. The Morgan fingerprint density at radius 3 is 2.63 bits per heavy atom. The summed E-state index contributed by atoms with van der Waals surface area (Å²) in [5, 5.41) is 0. The highest BCUT2D eigenvalue weighted by Gasteiger charge is 2.33. The van der Waals surface area contributed by atoms with Gasteiger partial charge in [-0.25, -0.2) is 4.98 Å². The maximum atomic E-state index is 12.9. The van der Waals surface area contributed by atoms with E-state index in [4.69, 9.17) is 5.73 Å². The van der Waals surface area contributed by atoms with Crippen LogP contribution in [0.15, 0.2) is 30.5 Å². The van der Waals surface area contributed by atoms with Crippen LogP contribution in [0.2, 0.25) is 0 Å². The van der Waals surface area contributed by atoms with Crippen LogP contribution in [0.5, 0.6) is 0 Å². The van der Waals surface area contributed by atoms with Crippen LogP contribution in [0.4, 0.5) is 13.2 Å². The van der Waals surface area contributed by atoms with Crippen molar-refractivity contribution >= 4 is 0 Å². The second-order valence-corrected chi connectivity index (χ2v) is 4.36. The van der Waals surface area contributed by atoms with E-state index in [0.717, 1.165) is 6.07 Å². The Labute approximate surface area is 108 Å². The van der Waals surface area contributed by atoms with Crippen molar-refractivity contribution in [1.82, 2.24) is 9.97 Å². The Morgan fingerprint density at radius 1 is 1.32 bits per heavy atom. The molecule has 102 valence electrons. The number of rotatable bonds is 3. The molecule has 0 aliphatic carbocycles. The number of hydrogen-bond donors (Lipinski definition) is 2. The van der Waals surface area contributed by atoms with Gasteiger partial charge in [0, 0.05) is 18.0 Å². The molecular weight excluding hydrogens is 255 g/mol.